The van der Waals surface area contributed by atoms with Crippen molar-refractivity contribution in [3.05, 3.63) is 11.1 Å². The van der Waals surface area contributed by atoms with Crippen molar-refractivity contribution < 1.29 is 8.42 Å². The molecule has 0 atom stereocenters. The Morgan fingerprint density at radius 1 is 1.58 bits per heavy atom. The minimum atomic E-state index is -3.40. The third-order valence-corrected chi connectivity index (χ3v) is 1.97. The molecule has 0 spiro atoms. The molecule has 0 saturated carbocycles. The maximum Gasteiger partial charge on any atom is 0.187 e. The number of rotatable bonds is 3. The molecule has 0 aliphatic rings. The van der Waals surface area contributed by atoms with Crippen LogP contribution in [0.1, 0.15) is 0 Å². The summed E-state index contributed by atoms with van der Waals surface area (Å²) in [6, 6.07) is 1.58. The van der Waals surface area contributed by atoms with Crippen LogP contribution in [0.3, 0.4) is 0 Å². The lowest BCUT2D eigenvalue weighted by atomic mass is 10.7. The van der Waals surface area contributed by atoms with E-state index in [4.69, 9.17) is 5.26 Å². The molecule has 0 amide bonds. The van der Waals surface area contributed by atoms with Gasteiger partial charge in [-0.25, -0.2) is 13.4 Å². The van der Waals surface area contributed by atoms with Gasteiger partial charge in [0.15, 0.2) is 14.7 Å². The van der Waals surface area contributed by atoms with Crippen LogP contribution in [0, 0.1) is 11.3 Å². The Bertz CT molecular complexity index is 310. The van der Waals surface area contributed by atoms with E-state index in [1.54, 1.807) is 20.2 Å². The van der Waals surface area contributed by atoms with E-state index in [0.717, 1.165) is 12.5 Å². The fourth-order valence-electron chi connectivity index (χ4n) is 0.410. The van der Waals surface area contributed by atoms with Crippen molar-refractivity contribution in [1.82, 2.24) is 10.4 Å². The van der Waals surface area contributed by atoms with Crippen molar-refractivity contribution >= 4 is 9.84 Å². The van der Waals surface area contributed by atoms with E-state index in [0.29, 0.717) is 0 Å². The second-order valence-corrected chi connectivity index (χ2v) is 4.40. The zero-order valence-electron chi connectivity index (χ0n) is 7.20. The predicted molar refractivity (Wildman–Crippen MR) is 45.4 cm³/mol. The number of hydrazine groups is 1. The van der Waals surface area contributed by atoms with Gasteiger partial charge in [0.05, 0.1) is 0 Å². The van der Waals surface area contributed by atoms with Crippen molar-refractivity contribution in [2.45, 2.75) is 0 Å². The van der Waals surface area contributed by atoms with Crippen LogP contribution in [0.25, 0.3) is 0 Å². The molecule has 0 unspecified atom stereocenters. The molecule has 0 saturated heterocycles. The summed E-state index contributed by atoms with van der Waals surface area (Å²) in [5.74, 6) is 0. The smallest absolute Gasteiger partial charge is 0.187 e. The summed E-state index contributed by atoms with van der Waals surface area (Å²) in [6.45, 7) is 0. The molecular weight excluding hydrogens is 178 g/mol. The molecule has 0 radical (unpaired) electrons. The standard InChI is InChI=1S/C6H11N3O2S/c1-9(2)8-5-6(4-7)12(3,10)11/h5,8H,1-3H3/b6-5+. The Morgan fingerprint density at radius 2 is 2.08 bits per heavy atom. The number of nitriles is 1. The molecule has 12 heavy (non-hydrogen) atoms. The van der Waals surface area contributed by atoms with Gasteiger partial charge in [-0.05, 0) is 0 Å². The Morgan fingerprint density at radius 3 is 2.33 bits per heavy atom. The molecule has 68 valence electrons. The van der Waals surface area contributed by atoms with Gasteiger partial charge in [-0.3, -0.25) is 0 Å². The first-order valence-electron chi connectivity index (χ1n) is 3.11. The Labute approximate surface area is 72.2 Å². The van der Waals surface area contributed by atoms with Crippen molar-refractivity contribution in [2.75, 3.05) is 20.4 Å². The number of hydrogen-bond acceptors (Lipinski definition) is 5. The first kappa shape index (κ1) is 10.9. The van der Waals surface area contributed by atoms with Gasteiger partial charge in [0, 0.05) is 26.6 Å². The van der Waals surface area contributed by atoms with Gasteiger partial charge in [-0.15, -0.1) is 0 Å². The minimum absolute atomic E-state index is 0.281. The molecule has 1 N–H and O–H groups in total. The second-order valence-electron chi connectivity index (χ2n) is 2.42. The van der Waals surface area contributed by atoms with Gasteiger partial charge in [-0.1, -0.05) is 0 Å². The molecule has 0 aliphatic heterocycles. The fraction of sp³-hybridized carbons (Fsp3) is 0.500. The highest BCUT2D eigenvalue weighted by atomic mass is 32.2. The van der Waals surface area contributed by atoms with E-state index >= 15 is 0 Å². The van der Waals surface area contributed by atoms with Crippen molar-refractivity contribution in [1.29, 1.82) is 5.26 Å². The third-order valence-electron chi connectivity index (χ3n) is 0.964. The van der Waals surface area contributed by atoms with Crippen LogP contribution in [0.4, 0.5) is 0 Å². The van der Waals surface area contributed by atoms with E-state index < -0.39 is 9.84 Å². The van der Waals surface area contributed by atoms with Gasteiger partial charge in [-0.2, -0.15) is 5.26 Å². The van der Waals surface area contributed by atoms with E-state index in [9.17, 15) is 8.42 Å². The zero-order valence-corrected chi connectivity index (χ0v) is 8.01. The summed E-state index contributed by atoms with van der Waals surface area (Å²) in [5, 5.41) is 9.95. The lowest BCUT2D eigenvalue weighted by molar-refractivity contribution is 0.342. The summed E-state index contributed by atoms with van der Waals surface area (Å²) >= 11 is 0. The van der Waals surface area contributed by atoms with E-state index in [1.165, 1.54) is 5.01 Å². The average molecular weight is 189 g/mol. The number of hydrogen-bond donors (Lipinski definition) is 1. The lowest BCUT2D eigenvalue weighted by Crippen LogP contribution is -2.25. The minimum Gasteiger partial charge on any atom is -0.325 e. The van der Waals surface area contributed by atoms with E-state index in [1.807, 2.05) is 0 Å². The largest absolute Gasteiger partial charge is 0.325 e. The number of sulfone groups is 1. The highest BCUT2D eigenvalue weighted by molar-refractivity contribution is 7.94. The first-order chi connectivity index (χ1) is 5.38. The topological polar surface area (TPSA) is 73.2 Å². The predicted octanol–water partition coefficient (Wildman–Crippen LogP) is -0.538. The summed E-state index contributed by atoms with van der Waals surface area (Å²) < 4.78 is 21.7. The van der Waals surface area contributed by atoms with Gasteiger partial charge < -0.3 is 5.43 Å². The number of nitrogens with one attached hydrogen (secondary N) is 1. The molecule has 0 aromatic rings. The molecule has 6 heteroatoms. The molecule has 0 bridgehead atoms. The third kappa shape index (κ3) is 3.95. The number of nitrogens with zero attached hydrogens (tertiary/aromatic N) is 2. The molecule has 0 rings (SSSR count). The second kappa shape index (κ2) is 4.09. The van der Waals surface area contributed by atoms with Crippen LogP contribution in [-0.4, -0.2) is 33.8 Å². The normalized spacial score (nSPS) is 12.8. The highest BCUT2D eigenvalue weighted by Gasteiger charge is 2.09. The van der Waals surface area contributed by atoms with Crippen LogP contribution >= 0.6 is 0 Å². The highest BCUT2D eigenvalue weighted by Crippen LogP contribution is 1.99. The molecular formula is C6H11N3O2S. The van der Waals surface area contributed by atoms with Crippen LogP contribution in [0.5, 0.6) is 0 Å². The van der Waals surface area contributed by atoms with Gasteiger partial charge in [0.1, 0.15) is 6.07 Å². The average Bonchev–Trinajstić information content (AvgIpc) is 1.85. The van der Waals surface area contributed by atoms with Crippen LogP contribution in [0.15, 0.2) is 11.1 Å². The van der Waals surface area contributed by atoms with Crippen LogP contribution in [-0.2, 0) is 9.84 Å². The maximum absolute atomic E-state index is 10.8. The van der Waals surface area contributed by atoms with E-state index in [-0.39, 0.29) is 4.91 Å². The maximum atomic E-state index is 10.8. The molecule has 0 fully saturated rings. The zero-order chi connectivity index (χ0) is 9.78. The van der Waals surface area contributed by atoms with Gasteiger partial charge in [0.25, 0.3) is 0 Å². The van der Waals surface area contributed by atoms with Crippen LogP contribution < -0.4 is 5.43 Å². The molecule has 0 aromatic carbocycles. The summed E-state index contributed by atoms with van der Waals surface area (Å²) in [5.41, 5.74) is 2.57. The Kier molecular flexibility index (Phi) is 3.73. The summed E-state index contributed by atoms with van der Waals surface area (Å²) in [7, 11) is -0.0233. The number of allylic oxidation sites excluding steroid dienone is 1. The van der Waals surface area contributed by atoms with Gasteiger partial charge in [0.2, 0.25) is 0 Å². The molecule has 0 aliphatic carbocycles. The summed E-state index contributed by atoms with van der Waals surface area (Å²) in [4.78, 5) is -0.281. The van der Waals surface area contributed by atoms with Crippen LogP contribution in [0.2, 0.25) is 0 Å². The molecule has 0 heterocycles. The SMILES string of the molecule is CN(C)N/C=C(\C#N)S(C)(=O)=O. The van der Waals surface area contributed by atoms with Crippen molar-refractivity contribution in [3.8, 4) is 6.07 Å². The van der Waals surface area contributed by atoms with Crippen molar-refractivity contribution in [2.24, 2.45) is 0 Å². The Hall–Kier alpha value is -1.06. The Balaban J connectivity index is 4.62. The van der Waals surface area contributed by atoms with E-state index in [2.05, 4.69) is 5.43 Å². The van der Waals surface area contributed by atoms with Crippen molar-refractivity contribution in [3.63, 3.8) is 0 Å². The fourth-order valence-corrected chi connectivity index (χ4v) is 0.843. The lowest BCUT2D eigenvalue weighted by Gasteiger charge is -2.08. The van der Waals surface area contributed by atoms with Gasteiger partial charge >= 0.3 is 0 Å². The molecule has 5 nitrogen and oxygen atoms in total. The first-order valence-corrected chi connectivity index (χ1v) is 5.01. The summed E-state index contributed by atoms with van der Waals surface area (Å²) in [6.07, 6.45) is 2.13. The quantitative estimate of drug-likeness (QED) is 0.477. The monoisotopic (exact) mass is 189 g/mol. The molecule has 0 aromatic heterocycles.